The van der Waals surface area contributed by atoms with Gasteiger partial charge in [-0.25, -0.2) is 13.1 Å². The Labute approximate surface area is 124 Å². The zero-order chi connectivity index (χ0) is 14.6. The van der Waals surface area contributed by atoms with E-state index in [-0.39, 0.29) is 10.9 Å². The van der Waals surface area contributed by atoms with Crippen LogP contribution in [0.3, 0.4) is 0 Å². The first kappa shape index (κ1) is 15.6. The van der Waals surface area contributed by atoms with E-state index in [1.807, 2.05) is 0 Å². The summed E-state index contributed by atoms with van der Waals surface area (Å²) in [4.78, 5) is 0.165. The first-order valence-electron chi connectivity index (χ1n) is 6.54. The SMILES string of the molecule is COc1ccc(CN)cc1S(=O)(=O)NC1CCCSC1. The monoisotopic (exact) mass is 316 g/mol. The molecule has 1 unspecified atom stereocenters. The molecule has 1 aliphatic heterocycles. The summed E-state index contributed by atoms with van der Waals surface area (Å²) in [5.74, 6) is 2.26. The number of ether oxygens (including phenoxy) is 1. The number of benzene rings is 1. The van der Waals surface area contributed by atoms with Gasteiger partial charge >= 0.3 is 0 Å². The predicted molar refractivity (Wildman–Crippen MR) is 81.6 cm³/mol. The smallest absolute Gasteiger partial charge is 0.244 e. The number of thioether (sulfide) groups is 1. The van der Waals surface area contributed by atoms with Crippen molar-refractivity contribution in [3.63, 3.8) is 0 Å². The van der Waals surface area contributed by atoms with Crippen LogP contribution >= 0.6 is 11.8 Å². The molecule has 5 nitrogen and oxygen atoms in total. The Morgan fingerprint density at radius 1 is 1.50 bits per heavy atom. The van der Waals surface area contributed by atoms with Crippen LogP contribution in [-0.2, 0) is 16.6 Å². The number of rotatable bonds is 5. The van der Waals surface area contributed by atoms with E-state index >= 15 is 0 Å². The minimum Gasteiger partial charge on any atom is -0.495 e. The Balaban J connectivity index is 2.27. The molecule has 1 atom stereocenters. The second-order valence-electron chi connectivity index (χ2n) is 4.72. The zero-order valence-electron chi connectivity index (χ0n) is 11.5. The fraction of sp³-hybridized carbons (Fsp3) is 0.538. The van der Waals surface area contributed by atoms with Crippen molar-refractivity contribution in [2.75, 3.05) is 18.6 Å². The van der Waals surface area contributed by atoms with Gasteiger partial charge in [0.05, 0.1) is 7.11 Å². The molecule has 0 spiro atoms. The summed E-state index contributed by atoms with van der Waals surface area (Å²) in [5, 5.41) is 0. The number of nitrogens with one attached hydrogen (secondary N) is 1. The molecule has 1 fully saturated rings. The molecular weight excluding hydrogens is 296 g/mol. The molecule has 1 saturated heterocycles. The second kappa shape index (κ2) is 6.80. The van der Waals surface area contributed by atoms with Gasteiger partial charge in [0.2, 0.25) is 10.0 Å². The lowest BCUT2D eigenvalue weighted by Crippen LogP contribution is -2.38. The van der Waals surface area contributed by atoms with Gasteiger partial charge in [-0.1, -0.05) is 6.07 Å². The lowest BCUT2D eigenvalue weighted by molar-refractivity contribution is 0.401. The highest BCUT2D eigenvalue weighted by atomic mass is 32.2. The van der Waals surface area contributed by atoms with Crippen LogP contribution in [-0.4, -0.2) is 33.1 Å². The van der Waals surface area contributed by atoms with Crippen LogP contribution in [0.1, 0.15) is 18.4 Å². The van der Waals surface area contributed by atoms with Gasteiger partial charge in [-0.2, -0.15) is 11.8 Å². The number of nitrogens with two attached hydrogens (primary N) is 1. The quantitative estimate of drug-likeness (QED) is 0.856. The van der Waals surface area contributed by atoms with E-state index in [1.165, 1.54) is 7.11 Å². The molecule has 1 aliphatic rings. The molecule has 0 amide bonds. The van der Waals surface area contributed by atoms with Crippen molar-refractivity contribution < 1.29 is 13.2 Å². The summed E-state index contributed by atoms with van der Waals surface area (Å²) in [7, 11) is -2.11. The molecule has 0 aromatic heterocycles. The Kier molecular flexibility index (Phi) is 5.31. The summed E-state index contributed by atoms with van der Waals surface area (Å²) in [6.45, 7) is 0.297. The summed E-state index contributed by atoms with van der Waals surface area (Å²) in [5.41, 5.74) is 6.35. The van der Waals surface area contributed by atoms with Crippen molar-refractivity contribution in [1.29, 1.82) is 0 Å². The van der Waals surface area contributed by atoms with E-state index in [0.29, 0.717) is 12.3 Å². The van der Waals surface area contributed by atoms with E-state index in [9.17, 15) is 8.42 Å². The third kappa shape index (κ3) is 3.66. The Morgan fingerprint density at radius 2 is 2.30 bits per heavy atom. The average Bonchev–Trinajstić information content (AvgIpc) is 2.47. The lowest BCUT2D eigenvalue weighted by atomic mass is 10.2. The van der Waals surface area contributed by atoms with E-state index in [1.54, 1.807) is 30.0 Å². The Hall–Kier alpha value is -0.760. The van der Waals surface area contributed by atoms with Gasteiger partial charge in [0.15, 0.2) is 0 Å². The van der Waals surface area contributed by atoms with Crippen LogP contribution in [0.4, 0.5) is 0 Å². The summed E-state index contributed by atoms with van der Waals surface area (Å²) in [6.07, 6.45) is 1.92. The maximum absolute atomic E-state index is 12.5. The molecule has 112 valence electrons. The van der Waals surface area contributed by atoms with Crippen LogP contribution < -0.4 is 15.2 Å². The van der Waals surface area contributed by atoms with Gasteiger partial charge in [0.25, 0.3) is 0 Å². The topological polar surface area (TPSA) is 81.4 Å². The molecule has 1 heterocycles. The Morgan fingerprint density at radius 3 is 2.90 bits per heavy atom. The number of methoxy groups -OCH3 is 1. The lowest BCUT2D eigenvalue weighted by Gasteiger charge is -2.23. The second-order valence-corrected chi connectivity index (χ2v) is 7.56. The summed E-state index contributed by atoms with van der Waals surface area (Å²) >= 11 is 1.78. The van der Waals surface area contributed by atoms with Gasteiger partial charge in [-0.05, 0) is 36.3 Å². The van der Waals surface area contributed by atoms with Crippen LogP contribution in [0.2, 0.25) is 0 Å². The van der Waals surface area contributed by atoms with Crippen molar-refractivity contribution in [3.8, 4) is 5.75 Å². The highest BCUT2D eigenvalue weighted by Crippen LogP contribution is 2.26. The van der Waals surface area contributed by atoms with E-state index < -0.39 is 10.0 Å². The molecule has 0 aliphatic carbocycles. The first-order valence-corrected chi connectivity index (χ1v) is 9.17. The van der Waals surface area contributed by atoms with Crippen molar-refractivity contribution in [1.82, 2.24) is 4.72 Å². The molecule has 3 N–H and O–H groups in total. The summed E-state index contributed by atoms with van der Waals surface area (Å²) < 4.78 is 32.9. The molecular formula is C13H20N2O3S2. The number of sulfonamides is 1. The van der Waals surface area contributed by atoms with Crippen molar-refractivity contribution in [3.05, 3.63) is 23.8 Å². The molecule has 0 radical (unpaired) electrons. The molecule has 0 bridgehead atoms. The molecule has 1 aromatic rings. The highest BCUT2D eigenvalue weighted by Gasteiger charge is 2.25. The average molecular weight is 316 g/mol. The molecule has 0 saturated carbocycles. The minimum atomic E-state index is -3.58. The third-order valence-corrected chi connectivity index (χ3v) is 5.99. The normalized spacial score (nSPS) is 19.8. The van der Waals surface area contributed by atoms with Crippen LogP contribution in [0.5, 0.6) is 5.75 Å². The standard InChI is InChI=1S/C13H20N2O3S2/c1-18-12-5-4-10(8-14)7-13(12)20(16,17)15-11-3-2-6-19-9-11/h4-5,7,11,15H,2-3,6,8-9,14H2,1H3. The van der Waals surface area contributed by atoms with E-state index in [2.05, 4.69) is 4.72 Å². The molecule has 7 heteroatoms. The minimum absolute atomic E-state index is 0.00927. The van der Waals surface area contributed by atoms with Gasteiger partial charge in [-0.15, -0.1) is 0 Å². The highest BCUT2D eigenvalue weighted by molar-refractivity contribution is 7.99. The van der Waals surface area contributed by atoms with Gasteiger partial charge in [0, 0.05) is 18.3 Å². The maximum atomic E-state index is 12.5. The summed E-state index contributed by atoms with van der Waals surface area (Å²) in [6, 6.07) is 4.99. The largest absolute Gasteiger partial charge is 0.495 e. The molecule has 20 heavy (non-hydrogen) atoms. The fourth-order valence-electron chi connectivity index (χ4n) is 2.17. The van der Waals surface area contributed by atoms with Crippen molar-refractivity contribution >= 4 is 21.8 Å². The fourth-order valence-corrected chi connectivity index (χ4v) is 4.84. The Bertz CT molecular complexity index is 555. The van der Waals surface area contributed by atoms with Crippen LogP contribution in [0.15, 0.2) is 23.1 Å². The zero-order valence-corrected chi connectivity index (χ0v) is 13.1. The van der Waals surface area contributed by atoms with Crippen molar-refractivity contribution in [2.24, 2.45) is 5.73 Å². The first-order chi connectivity index (χ1) is 9.56. The van der Waals surface area contributed by atoms with Gasteiger partial charge in [-0.3, -0.25) is 0 Å². The number of hydrogen-bond donors (Lipinski definition) is 2. The van der Waals surface area contributed by atoms with Crippen LogP contribution in [0.25, 0.3) is 0 Å². The van der Waals surface area contributed by atoms with Crippen LogP contribution in [0, 0.1) is 0 Å². The van der Waals surface area contributed by atoms with E-state index in [4.69, 9.17) is 10.5 Å². The third-order valence-electron chi connectivity index (χ3n) is 3.24. The molecule has 2 rings (SSSR count). The molecule has 1 aromatic carbocycles. The van der Waals surface area contributed by atoms with Crippen molar-refractivity contribution in [2.45, 2.75) is 30.3 Å². The van der Waals surface area contributed by atoms with Gasteiger partial charge in [0.1, 0.15) is 10.6 Å². The van der Waals surface area contributed by atoms with E-state index in [0.717, 1.165) is 29.9 Å². The van der Waals surface area contributed by atoms with Gasteiger partial charge < -0.3 is 10.5 Å². The predicted octanol–water partition coefficient (Wildman–Crippen LogP) is 1.33. The maximum Gasteiger partial charge on any atom is 0.244 e. The number of hydrogen-bond acceptors (Lipinski definition) is 5.